The highest BCUT2D eigenvalue weighted by Gasteiger charge is 2.33. The number of halogens is 4. The molecular weight excluding hydrogens is 579 g/mol. The van der Waals surface area contributed by atoms with E-state index < -0.39 is 40.5 Å². The molecule has 0 aliphatic carbocycles. The Balaban J connectivity index is 1.76. The van der Waals surface area contributed by atoms with Crippen molar-refractivity contribution in [1.82, 2.24) is 14.6 Å². The Morgan fingerprint density at radius 1 is 0.953 bits per heavy atom. The van der Waals surface area contributed by atoms with E-state index in [0.29, 0.717) is 16.8 Å². The van der Waals surface area contributed by atoms with Crippen LogP contribution in [0.3, 0.4) is 0 Å². The van der Waals surface area contributed by atoms with Crippen molar-refractivity contribution in [3.05, 3.63) is 141 Å². The highest BCUT2D eigenvalue weighted by Crippen LogP contribution is 2.29. The van der Waals surface area contributed by atoms with Gasteiger partial charge in [-0.25, -0.2) is 22.8 Å². The smallest absolute Gasteiger partial charge is 0.280 e. The molecule has 0 saturated carbocycles. The van der Waals surface area contributed by atoms with Gasteiger partial charge in [0.1, 0.15) is 0 Å². The van der Waals surface area contributed by atoms with Gasteiger partial charge in [0.2, 0.25) is 0 Å². The van der Waals surface area contributed by atoms with Crippen molar-refractivity contribution >= 4 is 34.1 Å². The van der Waals surface area contributed by atoms with Crippen LogP contribution in [0.4, 0.5) is 18.9 Å². The summed E-state index contributed by atoms with van der Waals surface area (Å²) >= 11 is 6.26. The van der Waals surface area contributed by atoms with E-state index in [-0.39, 0.29) is 42.7 Å². The molecule has 3 N–H and O–H groups in total. The molecule has 0 radical (unpaired) electrons. The van der Waals surface area contributed by atoms with Crippen LogP contribution in [0.25, 0.3) is 10.9 Å². The average Bonchev–Trinajstić information content (AvgIpc) is 3.01. The van der Waals surface area contributed by atoms with Crippen LogP contribution in [0.1, 0.15) is 34.2 Å². The summed E-state index contributed by atoms with van der Waals surface area (Å²) in [6.07, 6.45) is 0.426. The van der Waals surface area contributed by atoms with E-state index in [9.17, 15) is 22.8 Å². The van der Waals surface area contributed by atoms with Crippen molar-refractivity contribution in [2.75, 3.05) is 18.5 Å². The molecule has 0 bridgehead atoms. The van der Waals surface area contributed by atoms with Gasteiger partial charge in [-0.3, -0.25) is 15.0 Å². The standard InChI is InChI=1S/C32H27ClF3N5O2/c33-21-12-13-23-26(19-21)38-30(41(32(23)43)39-22-10-5-2-6-11-22)27(18-20-8-3-1-4-9-20)40(17-7-16-37)31(42)24-14-15-25(34)29(36)28(24)35/h1-6,8-15,19,27,39H,7,16-18,37H2. The highest BCUT2D eigenvalue weighted by molar-refractivity contribution is 6.31. The number of hydrogen-bond donors (Lipinski definition) is 2. The molecule has 1 amide bonds. The van der Waals surface area contributed by atoms with Gasteiger partial charge in [0, 0.05) is 18.0 Å². The number of nitrogens with two attached hydrogens (primary N) is 1. The van der Waals surface area contributed by atoms with Crippen molar-refractivity contribution in [3.8, 4) is 0 Å². The fourth-order valence-electron chi connectivity index (χ4n) is 4.83. The van der Waals surface area contributed by atoms with Gasteiger partial charge in [0.15, 0.2) is 23.3 Å². The lowest BCUT2D eigenvalue weighted by atomic mass is 10.0. The summed E-state index contributed by atoms with van der Waals surface area (Å²) in [6.45, 7) is 0.179. The quantitative estimate of drug-likeness (QED) is 0.187. The molecule has 0 spiro atoms. The number of nitrogens with zero attached hydrogens (tertiary/aromatic N) is 3. The van der Waals surface area contributed by atoms with Gasteiger partial charge in [-0.1, -0.05) is 60.1 Å². The Morgan fingerprint density at radius 3 is 2.35 bits per heavy atom. The molecule has 1 unspecified atom stereocenters. The molecule has 43 heavy (non-hydrogen) atoms. The van der Waals surface area contributed by atoms with Gasteiger partial charge in [0.25, 0.3) is 11.5 Å². The third-order valence-corrected chi connectivity index (χ3v) is 7.18. The topological polar surface area (TPSA) is 93.2 Å². The monoisotopic (exact) mass is 605 g/mol. The first-order valence-corrected chi connectivity index (χ1v) is 13.9. The maximum atomic E-state index is 15.0. The Labute approximate surface area is 250 Å². The molecule has 5 rings (SSSR count). The second-order valence-corrected chi connectivity index (χ2v) is 10.3. The first-order valence-electron chi connectivity index (χ1n) is 13.5. The lowest BCUT2D eigenvalue weighted by Gasteiger charge is -2.33. The van der Waals surface area contributed by atoms with E-state index in [1.165, 1.54) is 15.6 Å². The number of carbonyl (C=O) groups is 1. The molecule has 1 atom stereocenters. The summed E-state index contributed by atoms with van der Waals surface area (Å²) in [4.78, 5) is 34.1. The normalized spacial score (nSPS) is 11.8. The number of benzene rings is 4. The summed E-state index contributed by atoms with van der Waals surface area (Å²) < 4.78 is 44.3. The van der Waals surface area contributed by atoms with Crippen LogP contribution in [-0.4, -0.2) is 33.6 Å². The molecule has 0 aliphatic heterocycles. The van der Waals surface area contributed by atoms with Gasteiger partial charge in [-0.05, 0) is 61.0 Å². The lowest BCUT2D eigenvalue weighted by Crippen LogP contribution is -2.42. The number of amides is 1. The molecule has 0 fully saturated rings. The second-order valence-electron chi connectivity index (χ2n) is 9.82. The fraction of sp³-hybridized carbons (Fsp3) is 0.156. The lowest BCUT2D eigenvalue weighted by molar-refractivity contribution is 0.0655. The zero-order valence-electron chi connectivity index (χ0n) is 22.8. The van der Waals surface area contributed by atoms with Crippen LogP contribution >= 0.6 is 11.6 Å². The fourth-order valence-corrected chi connectivity index (χ4v) is 5.00. The van der Waals surface area contributed by atoms with Crippen molar-refractivity contribution in [1.29, 1.82) is 0 Å². The minimum absolute atomic E-state index is 0.0000590. The third kappa shape index (κ3) is 6.40. The van der Waals surface area contributed by atoms with Crippen molar-refractivity contribution in [3.63, 3.8) is 0 Å². The number of carbonyl (C=O) groups excluding carboxylic acids is 1. The molecule has 1 heterocycles. The van der Waals surface area contributed by atoms with Crippen LogP contribution in [0.5, 0.6) is 0 Å². The van der Waals surface area contributed by atoms with Gasteiger partial charge in [0.05, 0.1) is 28.2 Å². The number of rotatable bonds is 10. The summed E-state index contributed by atoms with van der Waals surface area (Å²) in [5.41, 5.74) is 9.38. The number of aromatic nitrogens is 2. The Morgan fingerprint density at radius 2 is 1.65 bits per heavy atom. The zero-order chi connectivity index (χ0) is 30.5. The molecule has 0 saturated heterocycles. The summed E-state index contributed by atoms with van der Waals surface area (Å²) in [5.74, 6) is -5.60. The molecule has 220 valence electrons. The van der Waals surface area contributed by atoms with Crippen LogP contribution in [0, 0.1) is 17.5 Å². The third-order valence-electron chi connectivity index (χ3n) is 6.95. The zero-order valence-corrected chi connectivity index (χ0v) is 23.6. The second kappa shape index (κ2) is 13.1. The van der Waals surface area contributed by atoms with Gasteiger partial charge < -0.3 is 10.6 Å². The van der Waals surface area contributed by atoms with Crippen LogP contribution in [0.15, 0.2) is 95.8 Å². The predicted octanol–water partition coefficient (Wildman–Crippen LogP) is 6.12. The van der Waals surface area contributed by atoms with E-state index in [1.807, 2.05) is 36.4 Å². The highest BCUT2D eigenvalue weighted by atomic mass is 35.5. The van der Waals surface area contributed by atoms with Crippen molar-refractivity contribution in [2.24, 2.45) is 5.73 Å². The molecule has 11 heteroatoms. The van der Waals surface area contributed by atoms with E-state index >= 15 is 0 Å². The first kappa shape index (κ1) is 29.8. The SMILES string of the molecule is NCCCN(C(=O)c1ccc(F)c(F)c1F)C(Cc1ccccc1)c1nc2cc(Cl)ccc2c(=O)n1Nc1ccccc1. The molecule has 7 nitrogen and oxygen atoms in total. The first-order chi connectivity index (χ1) is 20.8. The minimum Gasteiger partial charge on any atom is -0.330 e. The number of fused-ring (bicyclic) bond motifs is 1. The Kier molecular flexibility index (Phi) is 9.08. The summed E-state index contributed by atoms with van der Waals surface area (Å²) in [6, 6.07) is 23.3. The maximum absolute atomic E-state index is 15.0. The average molecular weight is 606 g/mol. The van der Waals surface area contributed by atoms with Crippen LogP contribution in [0.2, 0.25) is 5.02 Å². The number of anilines is 1. The molecule has 4 aromatic carbocycles. The molecular formula is C32H27ClF3N5O2. The molecule has 1 aromatic heterocycles. The van der Waals surface area contributed by atoms with Crippen LogP contribution in [-0.2, 0) is 6.42 Å². The number of hydrogen-bond acceptors (Lipinski definition) is 5. The van der Waals surface area contributed by atoms with Crippen molar-refractivity contribution < 1.29 is 18.0 Å². The van der Waals surface area contributed by atoms with Gasteiger partial charge in [-0.2, -0.15) is 0 Å². The number of nitrogens with one attached hydrogen (secondary N) is 1. The maximum Gasteiger partial charge on any atom is 0.280 e. The molecule has 0 aliphatic rings. The van der Waals surface area contributed by atoms with E-state index in [1.54, 1.807) is 36.4 Å². The van der Waals surface area contributed by atoms with E-state index in [2.05, 4.69) is 5.43 Å². The predicted molar refractivity (Wildman–Crippen MR) is 160 cm³/mol. The molecule has 5 aromatic rings. The Hall–Kier alpha value is -4.67. The Bertz CT molecular complexity index is 1820. The number of para-hydroxylation sites is 1. The minimum atomic E-state index is -1.76. The van der Waals surface area contributed by atoms with Gasteiger partial charge >= 0.3 is 0 Å². The van der Waals surface area contributed by atoms with E-state index in [0.717, 1.165) is 11.6 Å². The summed E-state index contributed by atoms with van der Waals surface area (Å²) in [5, 5.41) is 0.611. The summed E-state index contributed by atoms with van der Waals surface area (Å²) in [7, 11) is 0. The van der Waals surface area contributed by atoms with Crippen molar-refractivity contribution in [2.45, 2.75) is 18.9 Å². The van der Waals surface area contributed by atoms with Gasteiger partial charge in [-0.15, -0.1) is 0 Å². The van der Waals surface area contributed by atoms with Crippen LogP contribution < -0.4 is 16.7 Å². The largest absolute Gasteiger partial charge is 0.330 e. The van der Waals surface area contributed by atoms with E-state index in [4.69, 9.17) is 22.3 Å².